The summed E-state index contributed by atoms with van der Waals surface area (Å²) in [5.41, 5.74) is 6.72. The third-order valence-corrected chi connectivity index (χ3v) is 4.47. The maximum atomic E-state index is 14.6. The normalized spacial score (nSPS) is 11.3. The lowest BCUT2D eigenvalue weighted by Gasteiger charge is -2.09. The maximum Gasteiger partial charge on any atom is 0.249 e. The molecule has 1 aromatic heterocycles. The van der Waals surface area contributed by atoms with Crippen molar-refractivity contribution in [2.45, 2.75) is 6.54 Å². The second-order valence-corrected chi connectivity index (χ2v) is 6.02. The number of benzene rings is 3. The molecule has 6 heteroatoms. The summed E-state index contributed by atoms with van der Waals surface area (Å²) >= 11 is 0. The van der Waals surface area contributed by atoms with Gasteiger partial charge in [0.1, 0.15) is 17.5 Å². The predicted molar refractivity (Wildman–Crippen MR) is 93.4 cm³/mol. The number of hydrogen-bond donors (Lipinski definition) is 1. The molecule has 0 radical (unpaired) electrons. The summed E-state index contributed by atoms with van der Waals surface area (Å²) in [6.07, 6.45) is 0. The molecule has 0 aliphatic rings. The van der Waals surface area contributed by atoms with E-state index >= 15 is 0 Å². The van der Waals surface area contributed by atoms with Crippen LogP contribution in [0.5, 0.6) is 0 Å². The fourth-order valence-electron chi connectivity index (χ4n) is 3.35. The van der Waals surface area contributed by atoms with Crippen LogP contribution in [0.4, 0.5) is 13.2 Å². The van der Waals surface area contributed by atoms with E-state index in [9.17, 15) is 18.0 Å². The minimum atomic E-state index is -0.720. The van der Waals surface area contributed by atoms with E-state index in [0.717, 1.165) is 12.1 Å². The van der Waals surface area contributed by atoms with Crippen molar-refractivity contribution in [1.82, 2.24) is 4.57 Å². The van der Waals surface area contributed by atoms with Crippen molar-refractivity contribution >= 4 is 27.7 Å². The second-order valence-electron chi connectivity index (χ2n) is 6.02. The van der Waals surface area contributed by atoms with E-state index in [2.05, 4.69) is 0 Å². The molecule has 3 aromatic carbocycles. The van der Waals surface area contributed by atoms with Gasteiger partial charge >= 0.3 is 0 Å². The highest BCUT2D eigenvalue weighted by molar-refractivity contribution is 6.17. The van der Waals surface area contributed by atoms with Crippen LogP contribution in [0.25, 0.3) is 21.8 Å². The van der Waals surface area contributed by atoms with Gasteiger partial charge < -0.3 is 10.3 Å². The highest BCUT2D eigenvalue weighted by Gasteiger charge is 2.19. The molecule has 0 saturated heterocycles. The molecule has 0 spiro atoms. The quantitative estimate of drug-likeness (QED) is 0.584. The van der Waals surface area contributed by atoms with Crippen LogP contribution in [0, 0.1) is 17.5 Å². The predicted octanol–water partition coefficient (Wildman–Crippen LogP) is 4.36. The van der Waals surface area contributed by atoms with Crippen LogP contribution in [0.1, 0.15) is 15.9 Å². The third kappa shape index (κ3) is 2.42. The van der Waals surface area contributed by atoms with E-state index in [-0.39, 0.29) is 23.2 Å². The molecule has 0 saturated carbocycles. The number of rotatable bonds is 3. The largest absolute Gasteiger partial charge is 0.366 e. The number of halogens is 3. The minimum Gasteiger partial charge on any atom is -0.366 e. The summed E-state index contributed by atoms with van der Waals surface area (Å²) in [6.45, 7) is -0.0186. The fraction of sp³-hybridized carbons (Fsp3) is 0.0500. The van der Waals surface area contributed by atoms with Gasteiger partial charge in [-0.05, 0) is 24.3 Å². The maximum absolute atomic E-state index is 14.6. The average Bonchev–Trinajstić information content (AvgIpc) is 2.92. The Balaban J connectivity index is 2.07. The van der Waals surface area contributed by atoms with Crippen molar-refractivity contribution in [3.63, 3.8) is 0 Å². The number of carbonyl (C=O) groups is 1. The zero-order chi connectivity index (χ0) is 18.4. The van der Waals surface area contributed by atoms with Crippen LogP contribution < -0.4 is 5.73 Å². The molecule has 0 unspecified atom stereocenters. The van der Waals surface area contributed by atoms with Crippen molar-refractivity contribution < 1.29 is 18.0 Å². The number of amides is 1. The Bertz CT molecular complexity index is 1180. The van der Waals surface area contributed by atoms with Gasteiger partial charge in [0.15, 0.2) is 0 Å². The van der Waals surface area contributed by atoms with Gasteiger partial charge in [-0.15, -0.1) is 0 Å². The molecule has 26 heavy (non-hydrogen) atoms. The summed E-state index contributed by atoms with van der Waals surface area (Å²) in [7, 11) is 0. The Kier molecular flexibility index (Phi) is 3.68. The zero-order valence-electron chi connectivity index (χ0n) is 13.5. The SMILES string of the molecule is NC(=O)c1cccc2c1c1cccc(F)c1n2Cc1ccc(F)cc1F. The highest BCUT2D eigenvalue weighted by atomic mass is 19.1. The number of fused-ring (bicyclic) bond motifs is 3. The molecule has 0 aliphatic heterocycles. The lowest BCUT2D eigenvalue weighted by molar-refractivity contribution is 0.100. The van der Waals surface area contributed by atoms with E-state index in [1.165, 1.54) is 18.2 Å². The van der Waals surface area contributed by atoms with Gasteiger partial charge in [0, 0.05) is 28.0 Å². The first-order chi connectivity index (χ1) is 12.5. The summed E-state index contributed by atoms with van der Waals surface area (Å²) in [5.74, 6) is -2.54. The molecule has 0 fully saturated rings. The fourth-order valence-corrected chi connectivity index (χ4v) is 3.35. The van der Waals surface area contributed by atoms with Gasteiger partial charge in [0.05, 0.1) is 17.6 Å². The average molecular weight is 354 g/mol. The number of carbonyl (C=O) groups excluding carboxylic acids is 1. The van der Waals surface area contributed by atoms with E-state index in [0.29, 0.717) is 16.3 Å². The first-order valence-corrected chi connectivity index (χ1v) is 7.90. The van der Waals surface area contributed by atoms with E-state index in [1.54, 1.807) is 28.8 Å². The second kappa shape index (κ2) is 5.91. The summed E-state index contributed by atoms with van der Waals surface area (Å²) in [6, 6.07) is 12.7. The van der Waals surface area contributed by atoms with Crippen LogP contribution in [-0.2, 0) is 6.54 Å². The monoisotopic (exact) mass is 354 g/mol. The molecule has 0 atom stereocenters. The van der Waals surface area contributed by atoms with Crippen molar-refractivity contribution in [1.29, 1.82) is 0 Å². The standard InChI is InChI=1S/C20H13F3N2O/c21-12-8-7-11(16(23)9-12)10-25-17-6-2-4-14(20(24)26)18(17)13-3-1-5-15(22)19(13)25/h1-9H,10H2,(H2,24,26). The van der Waals surface area contributed by atoms with Crippen LogP contribution >= 0.6 is 0 Å². The third-order valence-electron chi connectivity index (χ3n) is 4.47. The molecule has 130 valence electrons. The summed E-state index contributed by atoms with van der Waals surface area (Å²) in [4.78, 5) is 11.8. The van der Waals surface area contributed by atoms with Gasteiger partial charge in [0.2, 0.25) is 5.91 Å². The number of nitrogens with two attached hydrogens (primary N) is 1. The van der Waals surface area contributed by atoms with Gasteiger partial charge in [0.25, 0.3) is 0 Å². The lowest BCUT2D eigenvalue weighted by Crippen LogP contribution is -2.11. The topological polar surface area (TPSA) is 48.0 Å². The van der Waals surface area contributed by atoms with E-state index in [4.69, 9.17) is 5.73 Å². The lowest BCUT2D eigenvalue weighted by atomic mass is 10.1. The van der Waals surface area contributed by atoms with Crippen molar-refractivity contribution in [2.75, 3.05) is 0 Å². The first kappa shape index (κ1) is 16.2. The van der Waals surface area contributed by atoms with Gasteiger partial charge in [-0.3, -0.25) is 4.79 Å². The molecule has 4 aromatic rings. The molecule has 2 N–H and O–H groups in total. The molecule has 1 heterocycles. The Hall–Kier alpha value is -3.28. The zero-order valence-corrected chi connectivity index (χ0v) is 13.5. The molecule has 3 nitrogen and oxygen atoms in total. The van der Waals surface area contributed by atoms with Gasteiger partial charge in [-0.2, -0.15) is 0 Å². The van der Waals surface area contributed by atoms with Gasteiger partial charge in [-0.1, -0.05) is 24.3 Å². The van der Waals surface area contributed by atoms with E-state index in [1.807, 2.05) is 0 Å². The Morgan fingerprint density at radius 2 is 1.73 bits per heavy atom. The van der Waals surface area contributed by atoms with Crippen molar-refractivity contribution in [3.05, 3.63) is 83.2 Å². The molecule has 0 aliphatic carbocycles. The molecular weight excluding hydrogens is 341 g/mol. The molecular formula is C20H13F3N2O. The highest BCUT2D eigenvalue weighted by Crippen LogP contribution is 2.33. The van der Waals surface area contributed by atoms with E-state index < -0.39 is 23.4 Å². The van der Waals surface area contributed by atoms with Crippen molar-refractivity contribution in [3.8, 4) is 0 Å². The van der Waals surface area contributed by atoms with Gasteiger partial charge in [-0.25, -0.2) is 13.2 Å². The number of nitrogens with zero attached hydrogens (tertiary/aromatic N) is 1. The number of primary amides is 1. The van der Waals surface area contributed by atoms with Crippen LogP contribution in [-0.4, -0.2) is 10.5 Å². The number of aromatic nitrogens is 1. The minimum absolute atomic E-state index is 0.0186. The summed E-state index contributed by atoms with van der Waals surface area (Å²) in [5, 5.41) is 1.02. The Morgan fingerprint density at radius 1 is 0.962 bits per heavy atom. The summed E-state index contributed by atoms with van der Waals surface area (Å²) < 4.78 is 43.5. The first-order valence-electron chi connectivity index (χ1n) is 7.90. The van der Waals surface area contributed by atoms with Crippen molar-refractivity contribution in [2.24, 2.45) is 5.73 Å². The number of para-hydroxylation sites is 1. The Morgan fingerprint density at radius 3 is 2.46 bits per heavy atom. The molecule has 1 amide bonds. The number of hydrogen-bond acceptors (Lipinski definition) is 1. The molecule has 4 rings (SSSR count). The van der Waals surface area contributed by atoms with Crippen LogP contribution in [0.2, 0.25) is 0 Å². The smallest absolute Gasteiger partial charge is 0.249 e. The van der Waals surface area contributed by atoms with Crippen LogP contribution in [0.3, 0.4) is 0 Å². The Labute approximate surface area is 146 Å². The van der Waals surface area contributed by atoms with Crippen LogP contribution in [0.15, 0.2) is 54.6 Å². The molecule has 0 bridgehead atoms.